The molecular formula is C19H25N3O3S. The highest BCUT2D eigenvalue weighted by Gasteiger charge is 2.29. The van der Waals surface area contributed by atoms with Crippen LogP contribution in [-0.2, 0) is 29.4 Å². The fourth-order valence-corrected chi connectivity index (χ4v) is 5.33. The standard InChI is InChI=1S/C19H25N3O3S/c1-15-12-18(25-20-15)14-21-8-10-22(11-9-21)26(23,24)19-7-6-16-4-2-3-5-17(16)13-19/h6-7,12-13H,2-5,8-11,14H2,1H3. The van der Waals surface area contributed by atoms with Crippen molar-refractivity contribution in [2.45, 2.75) is 44.0 Å². The minimum absolute atomic E-state index is 0.442. The van der Waals surface area contributed by atoms with Crippen LogP contribution in [0.4, 0.5) is 0 Å². The normalized spacial score (nSPS) is 19.4. The number of nitrogens with zero attached hydrogens (tertiary/aromatic N) is 3. The Hall–Kier alpha value is -1.70. The average Bonchev–Trinajstić information content (AvgIpc) is 3.06. The van der Waals surface area contributed by atoms with E-state index in [1.54, 1.807) is 10.4 Å². The van der Waals surface area contributed by atoms with E-state index >= 15 is 0 Å². The van der Waals surface area contributed by atoms with Crippen LogP contribution in [0.2, 0.25) is 0 Å². The molecule has 4 rings (SSSR count). The second-order valence-electron chi connectivity index (χ2n) is 7.25. The van der Waals surface area contributed by atoms with Crippen LogP contribution in [0.3, 0.4) is 0 Å². The Morgan fingerprint density at radius 2 is 1.77 bits per heavy atom. The average molecular weight is 375 g/mol. The quantitative estimate of drug-likeness (QED) is 0.821. The summed E-state index contributed by atoms with van der Waals surface area (Å²) in [6, 6.07) is 7.61. The molecule has 0 unspecified atom stereocenters. The van der Waals surface area contributed by atoms with Gasteiger partial charge in [-0.1, -0.05) is 11.2 Å². The molecule has 2 heterocycles. The van der Waals surface area contributed by atoms with Crippen LogP contribution in [-0.4, -0.2) is 49.0 Å². The van der Waals surface area contributed by atoms with Gasteiger partial charge in [-0.3, -0.25) is 4.90 Å². The number of aromatic nitrogens is 1. The van der Waals surface area contributed by atoms with Gasteiger partial charge in [0.25, 0.3) is 0 Å². The molecule has 0 spiro atoms. The van der Waals surface area contributed by atoms with Crippen LogP contribution in [0.25, 0.3) is 0 Å². The summed E-state index contributed by atoms with van der Waals surface area (Å²) in [4.78, 5) is 2.65. The summed E-state index contributed by atoms with van der Waals surface area (Å²) < 4.78 is 32.9. The molecule has 0 amide bonds. The highest BCUT2D eigenvalue weighted by molar-refractivity contribution is 7.89. The Labute approximate surface area is 154 Å². The van der Waals surface area contributed by atoms with E-state index < -0.39 is 10.0 Å². The maximum absolute atomic E-state index is 13.0. The van der Waals surface area contributed by atoms with Gasteiger partial charge in [-0.05, 0) is 55.9 Å². The minimum Gasteiger partial charge on any atom is -0.360 e. The summed E-state index contributed by atoms with van der Waals surface area (Å²) >= 11 is 0. The van der Waals surface area contributed by atoms with Gasteiger partial charge in [-0.25, -0.2) is 8.42 Å². The van der Waals surface area contributed by atoms with Gasteiger partial charge < -0.3 is 4.52 Å². The fraction of sp³-hybridized carbons (Fsp3) is 0.526. The molecular weight excluding hydrogens is 350 g/mol. The number of benzene rings is 1. The summed E-state index contributed by atoms with van der Waals surface area (Å²) in [5.74, 6) is 0.827. The zero-order valence-corrected chi connectivity index (χ0v) is 16.0. The van der Waals surface area contributed by atoms with Crippen molar-refractivity contribution < 1.29 is 12.9 Å². The molecule has 0 N–H and O–H groups in total. The molecule has 2 aliphatic rings. The molecule has 1 aromatic heterocycles. The summed E-state index contributed by atoms with van der Waals surface area (Å²) in [6.07, 6.45) is 4.40. The van der Waals surface area contributed by atoms with Crippen LogP contribution < -0.4 is 0 Å². The number of hydrogen-bond donors (Lipinski definition) is 0. The number of fused-ring (bicyclic) bond motifs is 1. The predicted octanol–water partition coefficient (Wildman–Crippen LogP) is 2.37. The highest BCUT2D eigenvalue weighted by atomic mass is 32.2. The van der Waals surface area contributed by atoms with Crippen molar-refractivity contribution in [1.29, 1.82) is 0 Å². The molecule has 6 nitrogen and oxygen atoms in total. The van der Waals surface area contributed by atoms with Crippen molar-refractivity contribution in [2.75, 3.05) is 26.2 Å². The van der Waals surface area contributed by atoms with Gasteiger partial charge >= 0.3 is 0 Å². The van der Waals surface area contributed by atoms with E-state index in [1.165, 1.54) is 17.5 Å². The van der Waals surface area contributed by atoms with Crippen molar-refractivity contribution in [3.05, 3.63) is 46.8 Å². The van der Waals surface area contributed by atoms with Gasteiger partial charge in [0, 0.05) is 32.2 Å². The van der Waals surface area contributed by atoms with Crippen molar-refractivity contribution in [2.24, 2.45) is 0 Å². The Morgan fingerprint density at radius 1 is 1.04 bits per heavy atom. The van der Waals surface area contributed by atoms with Crippen LogP contribution >= 0.6 is 0 Å². The van der Waals surface area contributed by atoms with E-state index in [1.807, 2.05) is 25.1 Å². The molecule has 0 atom stereocenters. The van der Waals surface area contributed by atoms with Crippen LogP contribution in [0.15, 0.2) is 33.7 Å². The monoisotopic (exact) mass is 375 g/mol. The largest absolute Gasteiger partial charge is 0.360 e. The Bertz CT molecular complexity index is 883. The molecule has 0 saturated carbocycles. The van der Waals surface area contributed by atoms with Gasteiger partial charge in [0.1, 0.15) is 0 Å². The maximum Gasteiger partial charge on any atom is 0.243 e. The first-order valence-corrected chi connectivity index (χ1v) is 10.7. The zero-order chi connectivity index (χ0) is 18.1. The molecule has 7 heteroatoms. The Balaban J connectivity index is 1.43. The molecule has 0 radical (unpaired) electrons. The fourth-order valence-electron chi connectivity index (χ4n) is 3.86. The first kappa shape index (κ1) is 17.7. The topological polar surface area (TPSA) is 66.7 Å². The molecule has 1 aliphatic carbocycles. The lowest BCUT2D eigenvalue weighted by Gasteiger charge is -2.33. The van der Waals surface area contributed by atoms with Crippen molar-refractivity contribution >= 4 is 10.0 Å². The van der Waals surface area contributed by atoms with Crippen LogP contribution in [0, 0.1) is 6.92 Å². The molecule has 1 aliphatic heterocycles. The Kier molecular flexibility index (Phi) is 4.86. The number of hydrogen-bond acceptors (Lipinski definition) is 5. The first-order valence-electron chi connectivity index (χ1n) is 9.29. The number of aryl methyl sites for hydroxylation is 3. The number of rotatable bonds is 4. The molecule has 1 saturated heterocycles. The first-order chi connectivity index (χ1) is 12.5. The summed E-state index contributed by atoms with van der Waals surface area (Å²) in [7, 11) is -3.42. The number of piperazine rings is 1. The molecule has 2 aromatic rings. The lowest BCUT2D eigenvalue weighted by atomic mass is 9.92. The molecule has 0 bridgehead atoms. The van der Waals surface area contributed by atoms with E-state index in [0.29, 0.717) is 37.6 Å². The van der Waals surface area contributed by atoms with E-state index in [-0.39, 0.29) is 0 Å². The van der Waals surface area contributed by atoms with E-state index in [4.69, 9.17) is 4.52 Å². The van der Waals surface area contributed by atoms with Gasteiger partial charge in [0.2, 0.25) is 10.0 Å². The summed E-state index contributed by atoms with van der Waals surface area (Å²) in [5.41, 5.74) is 3.38. The Morgan fingerprint density at radius 3 is 2.46 bits per heavy atom. The minimum atomic E-state index is -3.42. The van der Waals surface area contributed by atoms with Crippen molar-refractivity contribution in [1.82, 2.24) is 14.4 Å². The van der Waals surface area contributed by atoms with Crippen LogP contribution in [0.5, 0.6) is 0 Å². The summed E-state index contributed by atoms with van der Waals surface area (Å²) in [6.45, 7) is 4.98. The third kappa shape index (κ3) is 3.56. The SMILES string of the molecule is Cc1cc(CN2CCN(S(=O)(=O)c3ccc4c(c3)CCCC4)CC2)on1. The van der Waals surface area contributed by atoms with Crippen molar-refractivity contribution in [3.63, 3.8) is 0 Å². The van der Waals surface area contributed by atoms with Gasteiger partial charge in [-0.15, -0.1) is 0 Å². The lowest BCUT2D eigenvalue weighted by molar-refractivity contribution is 0.166. The van der Waals surface area contributed by atoms with Crippen molar-refractivity contribution in [3.8, 4) is 0 Å². The third-order valence-corrected chi connectivity index (χ3v) is 7.24. The smallest absolute Gasteiger partial charge is 0.243 e. The maximum atomic E-state index is 13.0. The second-order valence-corrected chi connectivity index (χ2v) is 9.19. The van der Waals surface area contributed by atoms with Crippen LogP contribution in [0.1, 0.15) is 35.4 Å². The zero-order valence-electron chi connectivity index (χ0n) is 15.1. The molecule has 26 heavy (non-hydrogen) atoms. The third-order valence-electron chi connectivity index (χ3n) is 5.35. The van der Waals surface area contributed by atoms with Gasteiger partial charge in [0.05, 0.1) is 17.1 Å². The highest BCUT2D eigenvalue weighted by Crippen LogP contribution is 2.26. The van der Waals surface area contributed by atoms with E-state index in [2.05, 4.69) is 10.1 Å². The predicted molar refractivity (Wildman–Crippen MR) is 98.4 cm³/mol. The van der Waals surface area contributed by atoms with Gasteiger partial charge in [0.15, 0.2) is 5.76 Å². The molecule has 140 valence electrons. The van der Waals surface area contributed by atoms with E-state index in [0.717, 1.165) is 30.7 Å². The summed E-state index contributed by atoms with van der Waals surface area (Å²) in [5, 5.41) is 3.90. The lowest BCUT2D eigenvalue weighted by Crippen LogP contribution is -2.48. The van der Waals surface area contributed by atoms with E-state index in [9.17, 15) is 8.42 Å². The molecule has 1 aromatic carbocycles. The van der Waals surface area contributed by atoms with Gasteiger partial charge in [-0.2, -0.15) is 4.31 Å². The molecule has 1 fully saturated rings. The second kappa shape index (κ2) is 7.13. The number of sulfonamides is 1.